The third-order valence-electron chi connectivity index (χ3n) is 2.02. The van der Waals surface area contributed by atoms with Crippen molar-refractivity contribution in [1.82, 2.24) is 5.32 Å². The monoisotopic (exact) mass is 335 g/mol. The van der Waals surface area contributed by atoms with Crippen LogP contribution >= 0.6 is 15.9 Å². The zero-order valence-electron chi connectivity index (χ0n) is 9.51. The minimum absolute atomic E-state index is 0.291. The van der Waals surface area contributed by atoms with Crippen molar-refractivity contribution < 1.29 is 18.0 Å². The minimum Gasteiger partial charge on any atom is -0.375 e. The van der Waals surface area contributed by atoms with Crippen molar-refractivity contribution in [2.24, 2.45) is 0 Å². The highest BCUT2D eigenvalue weighted by molar-refractivity contribution is 9.10. The van der Waals surface area contributed by atoms with Crippen LogP contribution in [-0.2, 0) is 4.79 Å². The molecule has 0 saturated carbocycles. The number of carbonyl (C=O) groups is 1. The Balaban J connectivity index is 2.49. The zero-order chi connectivity index (χ0) is 14.5. The Labute approximate surface area is 115 Å². The van der Waals surface area contributed by atoms with Gasteiger partial charge >= 0.3 is 6.18 Å². The van der Waals surface area contributed by atoms with E-state index in [1.54, 1.807) is 11.4 Å². The second-order valence-corrected chi connectivity index (χ2v) is 4.41. The van der Waals surface area contributed by atoms with Crippen LogP contribution in [0.2, 0.25) is 0 Å². The molecule has 0 heterocycles. The van der Waals surface area contributed by atoms with E-state index >= 15 is 0 Å². The van der Waals surface area contributed by atoms with E-state index in [1.165, 1.54) is 12.1 Å². The van der Waals surface area contributed by atoms with E-state index in [-0.39, 0.29) is 6.54 Å². The van der Waals surface area contributed by atoms with Crippen molar-refractivity contribution in [2.45, 2.75) is 6.18 Å². The first-order valence-electron chi connectivity index (χ1n) is 5.09. The number of carbonyl (C=O) groups excluding carboxylic acids is 1. The number of rotatable bonds is 4. The first kappa shape index (κ1) is 15.3. The van der Waals surface area contributed by atoms with Gasteiger partial charge in [-0.15, -0.1) is 0 Å². The van der Waals surface area contributed by atoms with Gasteiger partial charge in [-0.05, 0) is 34.1 Å². The molecule has 0 spiro atoms. The van der Waals surface area contributed by atoms with E-state index < -0.39 is 18.6 Å². The lowest BCUT2D eigenvalue weighted by Crippen LogP contribution is -2.37. The molecule has 1 amide bonds. The molecule has 2 N–H and O–H groups in total. The van der Waals surface area contributed by atoms with Crippen LogP contribution in [0.25, 0.3) is 0 Å². The molecule has 0 fully saturated rings. The molecule has 0 aliphatic heterocycles. The molecule has 0 atom stereocenters. The zero-order valence-corrected chi connectivity index (χ0v) is 11.1. The third kappa shape index (κ3) is 5.61. The van der Waals surface area contributed by atoms with Crippen molar-refractivity contribution >= 4 is 27.5 Å². The van der Waals surface area contributed by atoms with E-state index in [1.807, 2.05) is 6.07 Å². The predicted molar refractivity (Wildman–Crippen MR) is 66.4 cm³/mol. The topological polar surface area (TPSA) is 64.9 Å². The maximum Gasteiger partial charge on any atom is 0.405 e. The van der Waals surface area contributed by atoms with E-state index in [4.69, 9.17) is 5.26 Å². The van der Waals surface area contributed by atoms with E-state index in [2.05, 4.69) is 21.2 Å². The fourth-order valence-electron chi connectivity index (χ4n) is 1.16. The molecule has 0 unspecified atom stereocenters. The molecule has 4 nitrogen and oxygen atoms in total. The normalized spacial score (nSPS) is 10.7. The number of hydrogen-bond acceptors (Lipinski definition) is 3. The molecular weight excluding hydrogens is 327 g/mol. The molecule has 1 aromatic carbocycles. The second-order valence-electron chi connectivity index (χ2n) is 3.55. The summed E-state index contributed by atoms with van der Waals surface area (Å²) in [5.41, 5.74) is 0.945. The summed E-state index contributed by atoms with van der Waals surface area (Å²) in [6, 6.07) is 6.56. The molecule has 0 saturated heterocycles. The summed E-state index contributed by atoms with van der Waals surface area (Å²) in [6.45, 7) is -1.65. The lowest BCUT2D eigenvalue weighted by molar-refractivity contribution is -0.137. The summed E-state index contributed by atoms with van der Waals surface area (Å²) in [6.07, 6.45) is -4.43. The van der Waals surface area contributed by atoms with Gasteiger partial charge in [-0.2, -0.15) is 18.4 Å². The van der Waals surface area contributed by atoms with Gasteiger partial charge in [-0.3, -0.25) is 4.79 Å². The number of anilines is 1. The first-order chi connectivity index (χ1) is 8.81. The highest BCUT2D eigenvalue weighted by Crippen LogP contribution is 2.23. The molecule has 0 bridgehead atoms. The van der Waals surface area contributed by atoms with Crippen LogP contribution < -0.4 is 10.6 Å². The summed E-state index contributed by atoms with van der Waals surface area (Å²) >= 11 is 3.18. The van der Waals surface area contributed by atoms with Gasteiger partial charge in [0.15, 0.2) is 0 Å². The quantitative estimate of drug-likeness (QED) is 0.888. The Hall–Kier alpha value is -1.75. The van der Waals surface area contributed by atoms with Crippen LogP contribution in [0.15, 0.2) is 22.7 Å². The Morgan fingerprint density at radius 3 is 2.63 bits per heavy atom. The average Bonchev–Trinajstić information content (AvgIpc) is 2.34. The van der Waals surface area contributed by atoms with Gasteiger partial charge in [0.2, 0.25) is 5.91 Å². The highest BCUT2D eigenvalue weighted by Gasteiger charge is 2.27. The minimum atomic E-state index is -4.43. The Morgan fingerprint density at radius 1 is 1.42 bits per heavy atom. The predicted octanol–water partition coefficient (Wildman–Crippen LogP) is 2.41. The van der Waals surface area contributed by atoms with Gasteiger partial charge in [0.1, 0.15) is 6.54 Å². The maximum absolute atomic E-state index is 11.9. The molecule has 102 valence electrons. The Morgan fingerprint density at radius 2 is 2.11 bits per heavy atom. The van der Waals surface area contributed by atoms with Crippen molar-refractivity contribution in [1.29, 1.82) is 5.26 Å². The number of benzene rings is 1. The number of halogens is 4. The van der Waals surface area contributed by atoms with Crippen molar-refractivity contribution in [2.75, 3.05) is 18.4 Å². The molecule has 1 rings (SSSR count). The van der Waals surface area contributed by atoms with Crippen LogP contribution in [0.1, 0.15) is 5.56 Å². The number of amides is 1. The lowest BCUT2D eigenvalue weighted by atomic mass is 10.2. The summed E-state index contributed by atoms with van der Waals surface area (Å²) in [5.74, 6) is -0.770. The van der Waals surface area contributed by atoms with Crippen LogP contribution in [0.4, 0.5) is 18.9 Å². The summed E-state index contributed by atoms with van der Waals surface area (Å²) in [5, 5.41) is 13.1. The SMILES string of the molecule is N#Cc1ccc(NCC(=O)NCC(F)(F)F)c(Br)c1. The van der Waals surface area contributed by atoms with E-state index in [0.29, 0.717) is 15.7 Å². The van der Waals surface area contributed by atoms with Gasteiger partial charge in [0.25, 0.3) is 0 Å². The Kier molecular flexibility index (Phi) is 5.18. The molecule has 8 heteroatoms. The average molecular weight is 336 g/mol. The summed E-state index contributed by atoms with van der Waals surface area (Å²) in [7, 11) is 0. The number of alkyl halides is 3. The standard InChI is InChI=1S/C11H9BrF3N3O/c12-8-3-7(4-16)1-2-9(8)17-5-10(19)18-6-11(13,14)15/h1-3,17H,5-6H2,(H,18,19). The van der Waals surface area contributed by atoms with E-state index in [0.717, 1.165) is 0 Å². The van der Waals surface area contributed by atoms with Gasteiger partial charge in [0.05, 0.1) is 18.2 Å². The van der Waals surface area contributed by atoms with Crippen LogP contribution in [-0.4, -0.2) is 25.2 Å². The molecule has 0 radical (unpaired) electrons. The molecule has 0 aliphatic carbocycles. The molecule has 0 aliphatic rings. The van der Waals surface area contributed by atoms with Gasteiger partial charge in [0, 0.05) is 10.2 Å². The number of nitriles is 1. The fourth-order valence-corrected chi connectivity index (χ4v) is 1.68. The third-order valence-corrected chi connectivity index (χ3v) is 2.68. The number of hydrogen-bond donors (Lipinski definition) is 2. The van der Waals surface area contributed by atoms with Gasteiger partial charge < -0.3 is 10.6 Å². The van der Waals surface area contributed by atoms with Crippen molar-refractivity contribution in [3.8, 4) is 6.07 Å². The molecule has 1 aromatic rings. The molecular formula is C11H9BrF3N3O. The van der Waals surface area contributed by atoms with E-state index in [9.17, 15) is 18.0 Å². The largest absolute Gasteiger partial charge is 0.405 e. The van der Waals surface area contributed by atoms with Crippen LogP contribution in [0.3, 0.4) is 0 Å². The maximum atomic E-state index is 11.9. The Bertz CT molecular complexity index is 511. The highest BCUT2D eigenvalue weighted by atomic mass is 79.9. The van der Waals surface area contributed by atoms with Crippen molar-refractivity contribution in [3.05, 3.63) is 28.2 Å². The second kappa shape index (κ2) is 6.43. The van der Waals surface area contributed by atoms with Gasteiger partial charge in [-0.25, -0.2) is 0 Å². The van der Waals surface area contributed by atoms with Crippen LogP contribution in [0, 0.1) is 11.3 Å². The number of nitrogens with one attached hydrogen (secondary N) is 2. The fraction of sp³-hybridized carbons (Fsp3) is 0.273. The van der Waals surface area contributed by atoms with Gasteiger partial charge in [-0.1, -0.05) is 0 Å². The molecule has 19 heavy (non-hydrogen) atoms. The van der Waals surface area contributed by atoms with Crippen LogP contribution in [0.5, 0.6) is 0 Å². The molecule has 0 aromatic heterocycles. The summed E-state index contributed by atoms with van der Waals surface area (Å²) < 4.78 is 36.1. The first-order valence-corrected chi connectivity index (χ1v) is 5.88. The lowest BCUT2D eigenvalue weighted by Gasteiger charge is -2.10. The summed E-state index contributed by atoms with van der Waals surface area (Å²) in [4.78, 5) is 11.2. The smallest absolute Gasteiger partial charge is 0.375 e. The van der Waals surface area contributed by atoms with Crippen molar-refractivity contribution in [3.63, 3.8) is 0 Å². The number of nitrogens with zero attached hydrogens (tertiary/aromatic N) is 1.